The van der Waals surface area contributed by atoms with Crippen molar-refractivity contribution in [1.29, 1.82) is 0 Å². The molecule has 12 heteroatoms. The van der Waals surface area contributed by atoms with Crippen molar-refractivity contribution in [3.05, 3.63) is 40.8 Å². The van der Waals surface area contributed by atoms with Gasteiger partial charge in [0.15, 0.2) is 16.6 Å². The molecule has 1 aromatic carbocycles. The Morgan fingerprint density at radius 3 is 3.04 bits per heavy atom. The number of amidine groups is 1. The molecule has 1 unspecified atom stereocenters. The molecule has 0 bridgehead atoms. The van der Waals surface area contributed by atoms with Gasteiger partial charge in [-0.1, -0.05) is 23.0 Å². The Hall–Kier alpha value is -2.70. The van der Waals surface area contributed by atoms with E-state index in [2.05, 4.69) is 26.1 Å². The third-order valence-electron chi connectivity index (χ3n) is 4.09. The number of thioether (sulfide) groups is 1. The summed E-state index contributed by atoms with van der Waals surface area (Å²) in [6.07, 6.45) is -0.278. The van der Waals surface area contributed by atoms with Crippen LogP contribution in [-0.4, -0.2) is 62.5 Å². The summed E-state index contributed by atoms with van der Waals surface area (Å²) in [7, 11) is 0. The lowest BCUT2D eigenvalue weighted by atomic mass is 9.83. The molecule has 2 aromatic rings. The average Bonchev–Trinajstić information content (AvgIpc) is 3.15. The number of aliphatic hydroxyl groups is 2. The van der Waals surface area contributed by atoms with E-state index in [1.54, 1.807) is 6.07 Å². The summed E-state index contributed by atoms with van der Waals surface area (Å²) in [5, 5.41) is 44.1. The fraction of sp³-hybridized carbons (Fsp3) is 0.375. The Morgan fingerprint density at radius 1 is 1.46 bits per heavy atom. The summed E-state index contributed by atoms with van der Waals surface area (Å²) >= 11 is 1.08. The van der Waals surface area contributed by atoms with E-state index in [0.717, 1.165) is 22.9 Å². The van der Waals surface area contributed by atoms with Crippen LogP contribution in [0.3, 0.4) is 0 Å². The van der Waals surface area contributed by atoms with E-state index >= 15 is 0 Å². The highest BCUT2D eigenvalue weighted by Crippen LogP contribution is 2.34. The van der Waals surface area contributed by atoms with Gasteiger partial charge in [0.1, 0.15) is 12.4 Å². The van der Waals surface area contributed by atoms with E-state index in [1.807, 2.05) is 0 Å². The van der Waals surface area contributed by atoms with Crippen molar-refractivity contribution in [3.8, 4) is 0 Å². The lowest BCUT2D eigenvalue weighted by Gasteiger charge is -2.31. The van der Waals surface area contributed by atoms with Crippen molar-refractivity contribution < 1.29 is 29.2 Å². The quantitative estimate of drug-likeness (QED) is 0.131. The van der Waals surface area contributed by atoms with Crippen molar-refractivity contribution in [3.63, 3.8) is 0 Å². The van der Waals surface area contributed by atoms with Gasteiger partial charge in [0.05, 0.1) is 12.1 Å². The number of aliphatic hydroxyl groups excluding tert-OH is 2. The van der Waals surface area contributed by atoms with Crippen LogP contribution in [0.25, 0.3) is 0 Å². The molecule has 0 spiro atoms. The number of carbonyl (C=O) groups excluding carboxylic acids is 1. The van der Waals surface area contributed by atoms with Gasteiger partial charge in [0.2, 0.25) is 5.91 Å². The maximum absolute atomic E-state index is 13.4. The molecule has 0 saturated heterocycles. The fourth-order valence-corrected chi connectivity index (χ4v) is 3.48. The van der Waals surface area contributed by atoms with Gasteiger partial charge in [-0.15, -0.1) is 0 Å². The lowest BCUT2D eigenvalue weighted by molar-refractivity contribution is -0.124. The number of halogens is 1. The maximum atomic E-state index is 13.4. The number of benzene rings is 1. The minimum absolute atomic E-state index is 0.00624. The molecule has 1 amide bonds. The number of hydrogen-bond donors (Lipinski definition) is 5. The van der Waals surface area contributed by atoms with Gasteiger partial charge in [0.25, 0.3) is 0 Å². The van der Waals surface area contributed by atoms with Crippen LogP contribution in [0.4, 0.5) is 4.39 Å². The minimum Gasteiger partial charge on any atom is -0.409 e. The Bertz CT molecular complexity index is 877. The van der Waals surface area contributed by atoms with E-state index in [0.29, 0.717) is 6.42 Å². The van der Waals surface area contributed by atoms with Crippen molar-refractivity contribution in [2.75, 3.05) is 18.9 Å². The minimum atomic E-state index is -0.908. The highest BCUT2D eigenvalue weighted by atomic mass is 32.2. The molecule has 0 saturated carbocycles. The van der Waals surface area contributed by atoms with Crippen molar-refractivity contribution in [2.24, 2.45) is 5.16 Å². The number of rotatable bonds is 8. The summed E-state index contributed by atoms with van der Waals surface area (Å²) in [5.74, 6) is -0.798. The molecule has 0 radical (unpaired) electrons. The second-order valence-corrected chi connectivity index (χ2v) is 7.05. The zero-order valence-corrected chi connectivity index (χ0v) is 15.3. The van der Waals surface area contributed by atoms with Crippen LogP contribution in [0, 0.1) is 5.82 Å². The number of oxime groups is 1. The smallest absolute Gasteiger partial charge is 0.245 e. The molecule has 3 rings (SSSR count). The number of amides is 1. The van der Waals surface area contributed by atoms with E-state index < -0.39 is 18.6 Å². The molecule has 10 nitrogen and oxygen atoms in total. The molecular weight excluding hydrogens is 393 g/mol. The van der Waals surface area contributed by atoms with E-state index in [-0.39, 0.29) is 40.7 Å². The van der Waals surface area contributed by atoms with Gasteiger partial charge in [0, 0.05) is 12.3 Å². The van der Waals surface area contributed by atoms with Gasteiger partial charge in [-0.2, -0.15) is 0 Å². The molecule has 1 aromatic heterocycles. The van der Waals surface area contributed by atoms with Crippen molar-refractivity contribution in [2.45, 2.75) is 23.6 Å². The van der Waals surface area contributed by atoms with Crippen LogP contribution in [0.5, 0.6) is 0 Å². The van der Waals surface area contributed by atoms with Gasteiger partial charge in [-0.05, 0) is 40.0 Å². The number of hydrogen-bond acceptors (Lipinski definition) is 9. The maximum Gasteiger partial charge on any atom is 0.245 e. The SMILES string of the molecule is O=C(CO)NCC(O)CSc1nonc1/C(=N\O)N[C@H]1Cc2ccc(F)cc21. The number of aromatic nitrogens is 2. The van der Waals surface area contributed by atoms with Crippen LogP contribution < -0.4 is 10.6 Å². The normalized spacial score (nSPS) is 16.8. The summed E-state index contributed by atoms with van der Waals surface area (Å²) in [5.41, 5.74) is 1.91. The summed E-state index contributed by atoms with van der Waals surface area (Å²) in [6.45, 7) is -0.704. The largest absolute Gasteiger partial charge is 0.409 e. The standard InChI is InChI=1S/C16H18FN5O5S/c17-9-2-1-8-3-12(11(8)4-9)19-15(20-26)14-16(22-27-21-14)28-7-10(24)5-18-13(25)6-23/h1-2,4,10,12,23-24,26H,3,5-7H2,(H,18,25)(H,19,20)/t10?,12-/m0/s1. The van der Waals surface area contributed by atoms with E-state index in [9.17, 15) is 19.5 Å². The molecule has 0 aliphatic heterocycles. The number of fused-ring (bicyclic) bond motifs is 1. The number of carbonyl (C=O) groups is 1. The van der Waals surface area contributed by atoms with Crippen LogP contribution in [0.15, 0.2) is 33.0 Å². The first-order valence-corrected chi connectivity index (χ1v) is 9.28. The molecule has 150 valence electrons. The second kappa shape index (κ2) is 8.99. The Kier molecular flexibility index (Phi) is 6.44. The molecule has 5 N–H and O–H groups in total. The third kappa shape index (κ3) is 4.58. The Morgan fingerprint density at radius 2 is 2.29 bits per heavy atom. The fourth-order valence-electron chi connectivity index (χ4n) is 2.65. The average molecular weight is 411 g/mol. The molecule has 0 fully saturated rings. The highest BCUT2D eigenvalue weighted by molar-refractivity contribution is 7.99. The van der Waals surface area contributed by atoms with Gasteiger partial charge < -0.3 is 26.1 Å². The van der Waals surface area contributed by atoms with E-state index in [4.69, 9.17) is 9.74 Å². The highest BCUT2D eigenvalue weighted by Gasteiger charge is 2.30. The Labute approximate surface area is 162 Å². The predicted octanol–water partition coefficient (Wildman–Crippen LogP) is -0.207. The van der Waals surface area contributed by atoms with Gasteiger partial charge >= 0.3 is 0 Å². The predicted molar refractivity (Wildman–Crippen MR) is 95.4 cm³/mol. The molecule has 1 aliphatic carbocycles. The summed E-state index contributed by atoms with van der Waals surface area (Å²) < 4.78 is 18.1. The molecular formula is C16H18FN5O5S. The molecule has 2 atom stereocenters. The van der Waals surface area contributed by atoms with Crippen LogP contribution >= 0.6 is 11.8 Å². The zero-order chi connectivity index (χ0) is 20.1. The van der Waals surface area contributed by atoms with Crippen LogP contribution in [0.2, 0.25) is 0 Å². The van der Waals surface area contributed by atoms with Crippen LogP contribution in [-0.2, 0) is 11.2 Å². The van der Waals surface area contributed by atoms with Crippen molar-refractivity contribution in [1.82, 2.24) is 20.9 Å². The monoisotopic (exact) mass is 411 g/mol. The van der Waals surface area contributed by atoms with Gasteiger partial charge in [-0.3, -0.25) is 4.79 Å². The summed E-state index contributed by atoms with van der Waals surface area (Å²) in [4.78, 5) is 11.0. The van der Waals surface area contributed by atoms with E-state index in [1.165, 1.54) is 12.1 Å². The first kappa shape index (κ1) is 20.0. The summed E-state index contributed by atoms with van der Waals surface area (Å²) in [6, 6.07) is 4.26. The molecule has 1 aliphatic rings. The first-order valence-electron chi connectivity index (χ1n) is 8.30. The number of nitrogens with zero attached hydrogens (tertiary/aromatic N) is 3. The zero-order valence-electron chi connectivity index (χ0n) is 14.5. The van der Waals surface area contributed by atoms with Crippen molar-refractivity contribution >= 4 is 23.5 Å². The lowest BCUT2D eigenvalue weighted by Crippen LogP contribution is -2.37. The van der Waals surface area contributed by atoms with Crippen LogP contribution in [0.1, 0.15) is 22.9 Å². The van der Waals surface area contributed by atoms with Gasteiger partial charge in [-0.25, -0.2) is 9.02 Å². The first-order chi connectivity index (χ1) is 13.5. The third-order valence-corrected chi connectivity index (χ3v) is 5.18. The Balaban J connectivity index is 1.59. The molecule has 28 heavy (non-hydrogen) atoms. The topological polar surface area (TPSA) is 153 Å². The number of nitrogens with one attached hydrogen (secondary N) is 2. The molecule has 1 heterocycles. The second-order valence-electron chi connectivity index (χ2n) is 6.04.